The Morgan fingerprint density at radius 3 is 3.07 bits per heavy atom. The number of aromatic nitrogens is 2. The summed E-state index contributed by atoms with van der Waals surface area (Å²) in [4.78, 5) is 10.2. The van der Waals surface area contributed by atoms with Gasteiger partial charge >= 0.3 is 5.97 Å². The predicted molar refractivity (Wildman–Crippen MR) is 51.9 cm³/mol. The van der Waals surface area contributed by atoms with Crippen LogP contribution in [-0.2, 0) is 17.9 Å². The maximum absolute atomic E-state index is 10.2. The molecule has 0 aliphatic heterocycles. The van der Waals surface area contributed by atoms with Gasteiger partial charge in [0.05, 0.1) is 12.6 Å². The van der Waals surface area contributed by atoms with Crippen molar-refractivity contribution < 1.29 is 9.90 Å². The first kappa shape index (κ1) is 10.7. The lowest BCUT2D eigenvalue weighted by molar-refractivity contribution is -0.136. The molecular weight excluding hydrogens is 182 g/mol. The molecular formula is C9H15N3O2. The summed E-state index contributed by atoms with van der Waals surface area (Å²) in [7, 11) is 0. The summed E-state index contributed by atoms with van der Waals surface area (Å²) in [6.07, 6.45) is 3.90. The summed E-state index contributed by atoms with van der Waals surface area (Å²) < 4.78 is 1.84. The van der Waals surface area contributed by atoms with E-state index in [-0.39, 0.29) is 6.42 Å². The molecule has 5 nitrogen and oxygen atoms in total. The fraction of sp³-hybridized carbons (Fsp3) is 0.556. The molecule has 0 saturated heterocycles. The number of rotatable bonds is 6. The Kier molecular flexibility index (Phi) is 4.12. The van der Waals surface area contributed by atoms with Crippen molar-refractivity contribution in [1.29, 1.82) is 0 Å². The summed E-state index contributed by atoms with van der Waals surface area (Å²) in [6, 6.07) is 0. The maximum Gasteiger partial charge on any atom is 0.304 e. The van der Waals surface area contributed by atoms with Gasteiger partial charge in [0.15, 0.2) is 0 Å². The lowest BCUT2D eigenvalue weighted by Gasteiger charge is -1.99. The van der Waals surface area contributed by atoms with Gasteiger partial charge in [-0.15, -0.1) is 0 Å². The number of hydrogen-bond donors (Lipinski definition) is 2. The Labute approximate surface area is 82.7 Å². The van der Waals surface area contributed by atoms with Crippen molar-refractivity contribution in [2.24, 2.45) is 0 Å². The fourth-order valence-corrected chi connectivity index (χ4v) is 1.10. The minimum Gasteiger partial charge on any atom is -0.481 e. The highest BCUT2D eigenvalue weighted by molar-refractivity contribution is 5.66. The van der Waals surface area contributed by atoms with Crippen LogP contribution in [0.1, 0.15) is 18.9 Å². The average molecular weight is 197 g/mol. The quantitative estimate of drug-likeness (QED) is 0.650. The molecule has 0 bridgehead atoms. The van der Waals surface area contributed by atoms with Gasteiger partial charge in [0.1, 0.15) is 0 Å². The van der Waals surface area contributed by atoms with E-state index in [1.165, 1.54) is 0 Å². The standard InChI is InChI=1S/C9H15N3O2/c1-2-12-7-8(6-11-12)5-10-4-3-9(13)14/h6-7,10H,2-5H2,1H3,(H,13,14). The molecule has 0 amide bonds. The number of carboxylic acids is 1. The van der Waals surface area contributed by atoms with Crippen LogP contribution >= 0.6 is 0 Å². The van der Waals surface area contributed by atoms with E-state index < -0.39 is 5.97 Å². The molecule has 0 aliphatic rings. The summed E-state index contributed by atoms with van der Waals surface area (Å²) in [5.41, 5.74) is 1.08. The molecule has 0 spiro atoms. The SMILES string of the molecule is CCn1cc(CNCCC(=O)O)cn1. The van der Waals surface area contributed by atoms with Crippen molar-refractivity contribution >= 4 is 5.97 Å². The zero-order valence-corrected chi connectivity index (χ0v) is 8.23. The molecule has 0 saturated carbocycles. The molecule has 0 atom stereocenters. The molecule has 0 unspecified atom stereocenters. The first-order valence-electron chi connectivity index (χ1n) is 4.66. The monoisotopic (exact) mass is 197 g/mol. The van der Waals surface area contributed by atoms with Gasteiger partial charge in [0.2, 0.25) is 0 Å². The van der Waals surface area contributed by atoms with Gasteiger partial charge in [-0.2, -0.15) is 5.10 Å². The van der Waals surface area contributed by atoms with Gasteiger partial charge in [0.25, 0.3) is 0 Å². The normalized spacial score (nSPS) is 10.4. The Bertz CT molecular complexity index is 296. The molecule has 14 heavy (non-hydrogen) atoms. The maximum atomic E-state index is 10.2. The van der Waals surface area contributed by atoms with Crippen LogP contribution in [0.3, 0.4) is 0 Å². The van der Waals surface area contributed by atoms with Crippen LogP contribution < -0.4 is 5.32 Å². The van der Waals surface area contributed by atoms with E-state index in [0.29, 0.717) is 13.1 Å². The molecule has 1 heterocycles. The molecule has 2 N–H and O–H groups in total. The first-order chi connectivity index (χ1) is 6.72. The molecule has 1 aromatic rings. The van der Waals surface area contributed by atoms with Crippen LogP contribution in [0.25, 0.3) is 0 Å². The molecule has 5 heteroatoms. The number of hydrogen-bond acceptors (Lipinski definition) is 3. The molecule has 0 aliphatic carbocycles. The molecule has 1 aromatic heterocycles. The minimum atomic E-state index is -0.776. The number of carbonyl (C=O) groups is 1. The van der Waals surface area contributed by atoms with E-state index in [1.807, 2.05) is 17.8 Å². The van der Waals surface area contributed by atoms with E-state index in [1.54, 1.807) is 6.20 Å². The molecule has 78 valence electrons. The third-order valence-corrected chi connectivity index (χ3v) is 1.86. The van der Waals surface area contributed by atoms with E-state index >= 15 is 0 Å². The van der Waals surface area contributed by atoms with Crippen LogP contribution in [0.5, 0.6) is 0 Å². The van der Waals surface area contributed by atoms with Crippen molar-refractivity contribution in [3.05, 3.63) is 18.0 Å². The minimum absolute atomic E-state index is 0.155. The van der Waals surface area contributed by atoms with Crippen LogP contribution in [-0.4, -0.2) is 27.4 Å². The molecule has 0 radical (unpaired) electrons. The molecule has 1 rings (SSSR count). The number of nitrogens with zero attached hydrogens (tertiary/aromatic N) is 2. The van der Waals surface area contributed by atoms with Gasteiger partial charge in [0, 0.05) is 31.4 Å². The highest BCUT2D eigenvalue weighted by Gasteiger charge is 1.98. The zero-order valence-electron chi connectivity index (χ0n) is 8.23. The number of aryl methyl sites for hydroxylation is 1. The number of nitrogens with one attached hydrogen (secondary N) is 1. The van der Waals surface area contributed by atoms with E-state index in [9.17, 15) is 4.79 Å². The average Bonchev–Trinajstić information content (AvgIpc) is 2.60. The van der Waals surface area contributed by atoms with Crippen molar-refractivity contribution in [1.82, 2.24) is 15.1 Å². The van der Waals surface area contributed by atoms with Gasteiger partial charge in [-0.05, 0) is 6.92 Å². The smallest absolute Gasteiger partial charge is 0.304 e. The second-order valence-electron chi connectivity index (χ2n) is 3.02. The van der Waals surface area contributed by atoms with Crippen LogP contribution in [0.15, 0.2) is 12.4 Å². The third-order valence-electron chi connectivity index (χ3n) is 1.86. The van der Waals surface area contributed by atoms with Crippen LogP contribution in [0.2, 0.25) is 0 Å². The Hall–Kier alpha value is -1.36. The number of carboxylic acid groups (broad SMARTS) is 1. The van der Waals surface area contributed by atoms with Crippen molar-refractivity contribution in [3.63, 3.8) is 0 Å². The van der Waals surface area contributed by atoms with Gasteiger partial charge in [-0.1, -0.05) is 0 Å². The van der Waals surface area contributed by atoms with Crippen molar-refractivity contribution in [3.8, 4) is 0 Å². The lowest BCUT2D eigenvalue weighted by Crippen LogP contribution is -2.17. The second-order valence-corrected chi connectivity index (χ2v) is 3.02. The molecule has 0 fully saturated rings. The summed E-state index contributed by atoms with van der Waals surface area (Å²) in [6.45, 7) is 4.05. The second kappa shape index (κ2) is 5.39. The topological polar surface area (TPSA) is 67.2 Å². The Morgan fingerprint density at radius 1 is 1.71 bits per heavy atom. The van der Waals surface area contributed by atoms with Crippen LogP contribution in [0.4, 0.5) is 0 Å². The Balaban J connectivity index is 2.21. The van der Waals surface area contributed by atoms with Crippen molar-refractivity contribution in [2.75, 3.05) is 6.54 Å². The highest BCUT2D eigenvalue weighted by Crippen LogP contribution is 1.96. The number of aliphatic carboxylic acids is 1. The zero-order chi connectivity index (χ0) is 10.4. The largest absolute Gasteiger partial charge is 0.481 e. The van der Waals surface area contributed by atoms with Crippen LogP contribution in [0, 0.1) is 0 Å². The lowest BCUT2D eigenvalue weighted by atomic mass is 10.3. The van der Waals surface area contributed by atoms with E-state index in [0.717, 1.165) is 12.1 Å². The van der Waals surface area contributed by atoms with Crippen molar-refractivity contribution in [2.45, 2.75) is 26.4 Å². The van der Waals surface area contributed by atoms with Gasteiger partial charge in [-0.25, -0.2) is 0 Å². The summed E-state index contributed by atoms with van der Waals surface area (Å²) in [5.74, 6) is -0.776. The Morgan fingerprint density at radius 2 is 2.50 bits per heavy atom. The predicted octanol–water partition coefficient (Wildman–Crippen LogP) is 0.467. The summed E-state index contributed by atoms with van der Waals surface area (Å²) in [5, 5.41) is 15.5. The first-order valence-corrected chi connectivity index (χ1v) is 4.66. The summed E-state index contributed by atoms with van der Waals surface area (Å²) >= 11 is 0. The van der Waals surface area contributed by atoms with Gasteiger partial charge in [-0.3, -0.25) is 9.48 Å². The van der Waals surface area contributed by atoms with Gasteiger partial charge < -0.3 is 10.4 Å². The molecule has 0 aromatic carbocycles. The third kappa shape index (κ3) is 3.57. The highest BCUT2D eigenvalue weighted by atomic mass is 16.4. The van der Waals surface area contributed by atoms with E-state index in [2.05, 4.69) is 10.4 Å². The van der Waals surface area contributed by atoms with E-state index in [4.69, 9.17) is 5.11 Å². The fourth-order valence-electron chi connectivity index (χ4n) is 1.10.